The second kappa shape index (κ2) is 5.15. The van der Waals surface area contributed by atoms with Crippen LogP contribution in [0.4, 0.5) is 0 Å². The van der Waals surface area contributed by atoms with Crippen molar-refractivity contribution in [3.63, 3.8) is 0 Å². The van der Waals surface area contributed by atoms with E-state index in [1.165, 1.54) is 0 Å². The topological polar surface area (TPSA) is 49.8 Å². The van der Waals surface area contributed by atoms with E-state index in [4.69, 9.17) is 4.74 Å². The molecule has 16 heavy (non-hydrogen) atoms. The highest BCUT2D eigenvalue weighted by Gasteiger charge is 2.34. The predicted octanol–water partition coefficient (Wildman–Crippen LogP) is 1.17. The summed E-state index contributed by atoms with van der Waals surface area (Å²) in [5.41, 5.74) is -0.434. The molecule has 4 heteroatoms. The van der Waals surface area contributed by atoms with Crippen molar-refractivity contribution in [2.24, 2.45) is 0 Å². The van der Waals surface area contributed by atoms with Crippen molar-refractivity contribution in [2.45, 2.75) is 58.3 Å². The molecule has 0 aliphatic carbocycles. The molecular formula is C12H23NO3. The summed E-state index contributed by atoms with van der Waals surface area (Å²) in [6.45, 7) is 8.78. The lowest BCUT2D eigenvalue weighted by molar-refractivity contribution is -0.160. The van der Waals surface area contributed by atoms with Crippen molar-refractivity contribution in [3.8, 4) is 0 Å². The highest BCUT2D eigenvalue weighted by Crippen LogP contribution is 2.21. The number of hydrogen-bond donors (Lipinski definition) is 1. The Balaban J connectivity index is 2.54. The Bertz CT molecular complexity index is 245. The van der Waals surface area contributed by atoms with Gasteiger partial charge in [-0.2, -0.15) is 0 Å². The van der Waals surface area contributed by atoms with Gasteiger partial charge in [0.05, 0.1) is 6.10 Å². The Hall–Kier alpha value is -0.610. The van der Waals surface area contributed by atoms with Gasteiger partial charge in [-0.15, -0.1) is 0 Å². The van der Waals surface area contributed by atoms with Crippen molar-refractivity contribution in [1.29, 1.82) is 0 Å². The quantitative estimate of drug-likeness (QED) is 0.738. The Morgan fingerprint density at radius 2 is 2.19 bits per heavy atom. The summed E-state index contributed by atoms with van der Waals surface area (Å²) < 4.78 is 5.37. The van der Waals surface area contributed by atoms with E-state index in [1.807, 2.05) is 25.7 Å². The van der Waals surface area contributed by atoms with Gasteiger partial charge in [0, 0.05) is 6.54 Å². The van der Waals surface area contributed by atoms with Gasteiger partial charge in [0.25, 0.3) is 0 Å². The summed E-state index contributed by atoms with van der Waals surface area (Å²) >= 11 is 0. The van der Waals surface area contributed by atoms with E-state index in [2.05, 4.69) is 0 Å². The molecule has 94 valence electrons. The highest BCUT2D eigenvalue weighted by molar-refractivity contribution is 5.76. The molecule has 1 aliphatic heterocycles. The first-order chi connectivity index (χ1) is 7.29. The van der Waals surface area contributed by atoms with Gasteiger partial charge in [-0.3, -0.25) is 9.69 Å². The lowest BCUT2D eigenvalue weighted by Gasteiger charge is -2.27. The molecule has 4 nitrogen and oxygen atoms in total. The Kier molecular flexibility index (Phi) is 4.33. The van der Waals surface area contributed by atoms with Crippen molar-refractivity contribution < 1.29 is 14.6 Å². The van der Waals surface area contributed by atoms with Crippen LogP contribution < -0.4 is 0 Å². The van der Waals surface area contributed by atoms with Crippen molar-refractivity contribution in [1.82, 2.24) is 4.90 Å². The first kappa shape index (κ1) is 13.5. The van der Waals surface area contributed by atoms with E-state index in [0.29, 0.717) is 6.54 Å². The third kappa shape index (κ3) is 4.10. The van der Waals surface area contributed by atoms with Crippen LogP contribution in [-0.4, -0.2) is 46.8 Å². The van der Waals surface area contributed by atoms with Crippen LogP contribution >= 0.6 is 0 Å². The SMILES string of the molecule is C[C@@H](O)CN1CCC[C@H]1C(=O)OC(C)(C)C. The van der Waals surface area contributed by atoms with Crippen LogP contribution in [0.15, 0.2) is 0 Å². The van der Waals surface area contributed by atoms with Gasteiger partial charge in [0.1, 0.15) is 11.6 Å². The summed E-state index contributed by atoms with van der Waals surface area (Å²) in [6.07, 6.45) is 1.43. The zero-order valence-corrected chi connectivity index (χ0v) is 10.7. The average Bonchev–Trinajstić information content (AvgIpc) is 2.47. The van der Waals surface area contributed by atoms with E-state index in [-0.39, 0.29) is 12.0 Å². The van der Waals surface area contributed by atoms with Gasteiger partial charge in [-0.25, -0.2) is 0 Å². The summed E-state index contributed by atoms with van der Waals surface area (Å²) in [5, 5.41) is 9.35. The Morgan fingerprint density at radius 3 is 2.69 bits per heavy atom. The molecular weight excluding hydrogens is 206 g/mol. The molecule has 1 rings (SSSR count). The summed E-state index contributed by atoms with van der Waals surface area (Å²) in [4.78, 5) is 13.9. The maximum absolute atomic E-state index is 11.9. The number of hydrogen-bond acceptors (Lipinski definition) is 4. The molecule has 1 saturated heterocycles. The summed E-state index contributed by atoms with van der Waals surface area (Å²) in [7, 11) is 0. The van der Waals surface area contributed by atoms with E-state index in [0.717, 1.165) is 19.4 Å². The summed E-state index contributed by atoms with van der Waals surface area (Å²) in [5.74, 6) is -0.161. The fourth-order valence-electron chi connectivity index (χ4n) is 2.02. The fourth-order valence-corrected chi connectivity index (χ4v) is 2.02. The zero-order chi connectivity index (χ0) is 12.3. The molecule has 0 amide bonds. The minimum atomic E-state index is -0.434. The maximum atomic E-state index is 11.9. The number of carbonyl (C=O) groups is 1. The largest absolute Gasteiger partial charge is 0.459 e. The monoisotopic (exact) mass is 229 g/mol. The average molecular weight is 229 g/mol. The molecule has 0 spiro atoms. The molecule has 0 radical (unpaired) electrons. The minimum Gasteiger partial charge on any atom is -0.459 e. The van der Waals surface area contributed by atoms with Crippen molar-refractivity contribution in [3.05, 3.63) is 0 Å². The summed E-state index contributed by atoms with van der Waals surface area (Å²) in [6, 6.07) is -0.172. The molecule has 0 bridgehead atoms. The Labute approximate surface area is 97.6 Å². The number of rotatable bonds is 3. The van der Waals surface area contributed by atoms with Gasteiger partial charge in [-0.05, 0) is 47.1 Å². The minimum absolute atomic E-state index is 0.161. The van der Waals surface area contributed by atoms with Gasteiger partial charge in [0.15, 0.2) is 0 Å². The molecule has 0 aromatic rings. The van der Waals surface area contributed by atoms with E-state index >= 15 is 0 Å². The molecule has 1 aliphatic rings. The lowest BCUT2D eigenvalue weighted by atomic mass is 10.1. The number of aliphatic hydroxyl groups is 1. The number of β-amino-alcohol motifs (C(OH)–C–C–N with tert-alkyl or cyclic N) is 1. The number of likely N-dealkylation sites (tertiary alicyclic amines) is 1. The lowest BCUT2D eigenvalue weighted by Crippen LogP contribution is -2.43. The first-order valence-electron chi connectivity index (χ1n) is 5.94. The van der Waals surface area contributed by atoms with Gasteiger partial charge in [0.2, 0.25) is 0 Å². The van der Waals surface area contributed by atoms with Crippen LogP contribution in [-0.2, 0) is 9.53 Å². The van der Waals surface area contributed by atoms with Crippen LogP contribution in [0.1, 0.15) is 40.5 Å². The Morgan fingerprint density at radius 1 is 1.56 bits per heavy atom. The fraction of sp³-hybridized carbons (Fsp3) is 0.917. The number of nitrogens with zero attached hydrogens (tertiary/aromatic N) is 1. The second-order valence-electron chi connectivity index (χ2n) is 5.54. The van der Waals surface area contributed by atoms with Crippen LogP contribution in [0.5, 0.6) is 0 Å². The smallest absolute Gasteiger partial charge is 0.323 e. The second-order valence-corrected chi connectivity index (χ2v) is 5.54. The third-order valence-corrected chi connectivity index (χ3v) is 2.54. The highest BCUT2D eigenvalue weighted by atomic mass is 16.6. The molecule has 2 atom stereocenters. The predicted molar refractivity (Wildman–Crippen MR) is 62.1 cm³/mol. The van der Waals surface area contributed by atoms with Crippen LogP contribution in [0.2, 0.25) is 0 Å². The first-order valence-corrected chi connectivity index (χ1v) is 5.94. The van der Waals surface area contributed by atoms with Gasteiger partial charge in [-0.1, -0.05) is 0 Å². The number of carbonyl (C=O) groups excluding carboxylic acids is 1. The van der Waals surface area contributed by atoms with E-state index in [1.54, 1.807) is 6.92 Å². The maximum Gasteiger partial charge on any atom is 0.323 e. The van der Waals surface area contributed by atoms with Crippen LogP contribution in [0.25, 0.3) is 0 Å². The van der Waals surface area contributed by atoms with Crippen LogP contribution in [0, 0.1) is 0 Å². The van der Waals surface area contributed by atoms with Gasteiger partial charge < -0.3 is 9.84 Å². The number of aliphatic hydroxyl groups excluding tert-OH is 1. The van der Waals surface area contributed by atoms with E-state index < -0.39 is 11.7 Å². The van der Waals surface area contributed by atoms with Crippen molar-refractivity contribution >= 4 is 5.97 Å². The number of esters is 1. The molecule has 0 saturated carbocycles. The molecule has 1 fully saturated rings. The molecule has 0 unspecified atom stereocenters. The zero-order valence-electron chi connectivity index (χ0n) is 10.7. The standard InChI is InChI=1S/C12H23NO3/c1-9(14)8-13-7-5-6-10(13)11(15)16-12(2,3)4/h9-10,14H,5-8H2,1-4H3/t9-,10+/m1/s1. The van der Waals surface area contributed by atoms with Crippen LogP contribution in [0.3, 0.4) is 0 Å². The molecule has 1 N–H and O–H groups in total. The third-order valence-electron chi connectivity index (χ3n) is 2.54. The molecule has 0 aromatic heterocycles. The normalized spacial score (nSPS) is 24.4. The van der Waals surface area contributed by atoms with Crippen molar-refractivity contribution in [2.75, 3.05) is 13.1 Å². The van der Waals surface area contributed by atoms with E-state index in [9.17, 15) is 9.90 Å². The number of ether oxygens (including phenoxy) is 1. The molecule has 0 aromatic carbocycles. The van der Waals surface area contributed by atoms with Gasteiger partial charge >= 0.3 is 5.97 Å². The molecule has 1 heterocycles.